The van der Waals surface area contributed by atoms with Gasteiger partial charge in [0, 0.05) is 17.7 Å². The van der Waals surface area contributed by atoms with Crippen LogP contribution in [0.25, 0.3) is 13.2 Å². The second-order valence-corrected chi connectivity index (χ2v) is 2.70. The van der Waals surface area contributed by atoms with Gasteiger partial charge in [-0.05, 0) is 25.0 Å². The quantitative estimate of drug-likeness (QED) is 0.487. The molecule has 0 saturated heterocycles. The molecule has 0 bridgehead atoms. The number of hydrogen-bond acceptors (Lipinski definition) is 0. The normalized spacial score (nSPS) is 10.3. The predicted molar refractivity (Wildman–Crippen MR) is 45.2 cm³/mol. The molecule has 0 spiro atoms. The van der Waals surface area contributed by atoms with E-state index in [4.69, 9.17) is 0 Å². The third kappa shape index (κ3) is 0.703. The Morgan fingerprint density at radius 1 is 1.00 bits per heavy atom. The highest BCUT2D eigenvalue weighted by Gasteiger charge is 1.98. The van der Waals surface area contributed by atoms with E-state index in [1.165, 1.54) is 11.1 Å². The van der Waals surface area contributed by atoms with Crippen LogP contribution in [0.1, 0.15) is 11.1 Å². The molecular formula is C9H13N. The Kier molecular flexibility index (Phi) is 1.43. The first-order valence-electron chi connectivity index (χ1n) is 3.35. The molecule has 1 nitrogen and oxygen atoms in total. The highest BCUT2D eigenvalue weighted by Crippen LogP contribution is 1.91. The lowest BCUT2D eigenvalue weighted by Gasteiger charge is -1.88. The summed E-state index contributed by atoms with van der Waals surface area (Å²) in [6.07, 6.45) is 0. The summed E-state index contributed by atoms with van der Waals surface area (Å²) in [5.41, 5.74) is 2.51. The van der Waals surface area contributed by atoms with Crippen molar-refractivity contribution in [2.24, 2.45) is 7.05 Å². The van der Waals surface area contributed by atoms with Crippen LogP contribution < -0.4 is 10.7 Å². The van der Waals surface area contributed by atoms with E-state index in [9.17, 15) is 0 Å². The fourth-order valence-electron chi connectivity index (χ4n) is 1.10. The summed E-state index contributed by atoms with van der Waals surface area (Å²) in [5.74, 6) is 0. The van der Waals surface area contributed by atoms with Crippen LogP contribution in [0.5, 0.6) is 0 Å². The van der Waals surface area contributed by atoms with Gasteiger partial charge >= 0.3 is 0 Å². The van der Waals surface area contributed by atoms with Crippen LogP contribution in [0.15, 0.2) is 0 Å². The molecule has 0 amide bonds. The summed E-state index contributed by atoms with van der Waals surface area (Å²) in [6.45, 7) is 12.0. The maximum absolute atomic E-state index is 3.92. The van der Waals surface area contributed by atoms with Gasteiger partial charge in [-0.3, -0.25) is 0 Å². The Balaban J connectivity index is 3.77. The lowest BCUT2D eigenvalue weighted by Crippen LogP contribution is -2.21. The van der Waals surface area contributed by atoms with Crippen LogP contribution in [0, 0.1) is 13.8 Å². The minimum absolute atomic E-state index is 1.07. The average molecular weight is 135 g/mol. The summed E-state index contributed by atoms with van der Waals surface area (Å²) >= 11 is 0. The van der Waals surface area contributed by atoms with Crippen molar-refractivity contribution in [3.8, 4) is 0 Å². The molecule has 0 saturated carbocycles. The standard InChI is InChI=1S/C9H13N/c1-6-7(2)9(4)10(5)8(6)3/h3-4H2,1-2,5H3. The van der Waals surface area contributed by atoms with Gasteiger partial charge in [0.25, 0.3) is 0 Å². The molecule has 0 unspecified atom stereocenters. The lowest BCUT2D eigenvalue weighted by molar-refractivity contribution is 0.858. The molecule has 0 aliphatic rings. The molecule has 0 N–H and O–H groups in total. The first-order valence-corrected chi connectivity index (χ1v) is 3.35. The summed E-state index contributed by atoms with van der Waals surface area (Å²) in [4.78, 5) is 0. The molecular weight excluding hydrogens is 122 g/mol. The predicted octanol–water partition coefficient (Wildman–Crippen LogP) is 0.463. The molecule has 1 heterocycles. The van der Waals surface area contributed by atoms with Crippen LogP contribution in [0.2, 0.25) is 0 Å². The van der Waals surface area contributed by atoms with E-state index >= 15 is 0 Å². The minimum Gasteiger partial charge on any atom is -0.345 e. The van der Waals surface area contributed by atoms with E-state index in [1.54, 1.807) is 0 Å². The fourth-order valence-corrected chi connectivity index (χ4v) is 1.10. The zero-order valence-electron chi connectivity index (χ0n) is 6.86. The van der Waals surface area contributed by atoms with Crippen molar-refractivity contribution >= 4 is 13.2 Å². The number of aromatic nitrogens is 1. The first kappa shape index (κ1) is 7.13. The van der Waals surface area contributed by atoms with Crippen molar-refractivity contribution in [2.45, 2.75) is 13.8 Å². The summed E-state index contributed by atoms with van der Waals surface area (Å²) in [5, 5.41) is 2.14. The fraction of sp³-hybridized carbons (Fsp3) is 0.333. The molecule has 0 fully saturated rings. The molecule has 10 heavy (non-hydrogen) atoms. The number of rotatable bonds is 0. The Labute approximate surface area is 61.3 Å². The first-order chi connectivity index (χ1) is 4.55. The average Bonchev–Trinajstić information content (AvgIpc) is 2.07. The van der Waals surface area contributed by atoms with Gasteiger partial charge in [-0.2, -0.15) is 0 Å². The molecule has 1 aromatic heterocycles. The van der Waals surface area contributed by atoms with E-state index < -0.39 is 0 Å². The molecule has 0 aliphatic carbocycles. The molecule has 0 aliphatic heterocycles. The van der Waals surface area contributed by atoms with E-state index in [0.717, 1.165) is 10.7 Å². The van der Waals surface area contributed by atoms with Gasteiger partial charge in [0.05, 0.1) is 0 Å². The zero-order chi connectivity index (χ0) is 7.89. The van der Waals surface area contributed by atoms with E-state index in [1.807, 2.05) is 11.6 Å². The van der Waals surface area contributed by atoms with Crippen molar-refractivity contribution in [1.82, 2.24) is 4.57 Å². The molecule has 1 rings (SSSR count). The molecule has 1 heteroatoms. The summed E-state index contributed by atoms with van der Waals surface area (Å²) in [6, 6.07) is 0. The van der Waals surface area contributed by atoms with Crippen LogP contribution in [-0.2, 0) is 7.05 Å². The van der Waals surface area contributed by atoms with Crippen molar-refractivity contribution in [3.05, 3.63) is 21.8 Å². The zero-order valence-corrected chi connectivity index (χ0v) is 6.86. The summed E-state index contributed by atoms with van der Waals surface area (Å²) < 4.78 is 2.02. The van der Waals surface area contributed by atoms with Crippen molar-refractivity contribution in [2.75, 3.05) is 0 Å². The third-order valence-corrected chi connectivity index (χ3v) is 2.24. The van der Waals surface area contributed by atoms with E-state index in [2.05, 4.69) is 27.0 Å². The lowest BCUT2D eigenvalue weighted by atomic mass is 10.2. The number of hydrogen-bond donors (Lipinski definition) is 0. The largest absolute Gasteiger partial charge is 0.345 e. The topological polar surface area (TPSA) is 4.93 Å². The SMILES string of the molecule is C=c1c(C)c(C)c(=C)n1C. The minimum atomic E-state index is 1.07. The Morgan fingerprint density at radius 3 is 1.40 bits per heavy atom. The summed E-state index contributed by atoms with van der Waals surface area (Å²) in [7, 11) is 1.99. The maximum Gasteiger partial charge on any atom is 0.0368 e. The molecule has 0 radical (unpaired) electrons. The van der Waals surface area contributed by atoms with Crippen molar-refractivity contribution in [3.63, 3.8) is 0 Å². The smallest absolute Gasteiger partial charge is 0.0368 e. The van der Waals surface area contributed by atoms with Crippen LogP contribution in [-0.4, -0.2) is 4.57 Å². The highest BCUT2D eigenvalue weighted by atomic mass is 14.9. The van der Waals surface area contributed by atoms with Gasteiger partial charge in [-0.1, -0.05) is 13.2 Å². The molecule has 0 aromatic carbocycles. The Morgan fingerprint density at radius 2 is 1.30 bits per heavy atom. The Hall–Kier alpha value is -0.980. The Bertz CT molecular complexity index is 310. The van der Waals surface area contributed by atoms with E-state index in [-0.39, 0.29) is 0 Å². The molecule has 0 atom stereocenters. The second kappa shape index (κ2) is 2.01. The van der Waals surface area contributed by atoms with Gasteiger partial charge < -0.3 is 4.57 Å². The van der Waals surface area contributed by atoms with Gasteiger partial charge in [0.15, 0.2) is 0 Å². The number of nitrogens with zero attached hydrogens (tertiary/aromatic N) is 1. The highest BCUT2D eigenvalue weighted by molar-refractivity contribution is 5.28. The van der Waals surface area contributed by atoms with Gasteiger partial charge in [0.2, 0.25) is 0 Å². The van der Waals surface area contributed by atoms with Crippen LogP contribution in [0.4, 0.5) is 0 Å². The van der Waals surface area contributed by atoms with Crippen molar-refractivity contribution in [1.29, 1.82) is 0 Å². The van der Waals surface area contributed by atoms with Gasteiger partial charge in [0.1, 0.15) is 0 Å². The second-order valence-electron chi connectivity index (χ2n) is 2.70. The van der Waals surface area contributed by atoms with Gasteiger partial charge in [-0.25, -0.2) is 0 Å². The van der Waals surface area contributed by atoms with Gasteiger partial charge in [-0.15, -0.1) is 0 Å². The van der Waals surface area contributed by atoms with Crippen LogP contribution in [0.3, 0.4) is 0 Å². The van der Waals surface area contributed by atoms with Crippen LogP contribution >= 0.6 is 0 Å². The van der Waals surface area contributed by atoms with E-state index in [0.29, 0.717) is 0 Å². The monoisotopic (exact) mass is 135 g/mol. The third-order valence-electron chi connectivity index (χ3n) is 2.24. The molecule has 1 aromatic rings. The maximum atomic E-state index is 3.92. The van der Waals surface area contributed by atoms with Crippen molar-refractivity contribution < 1.29 is 0 Å². The molecule has 54 valence electrons.